The molecule has 0 radical (unpaired) electrons. The SMILES string of the molecule is CC(C)(C)c1ccc(SCC(=O)NNC(=O)C2CC2)cc1. The molecule has 1 aliphatic rings. The molecule has 2 N–H and O–H groups in total. The first-order chi connectivity index (χ1) is 9.86. The van der Waals surface area contributed by atoms with E-state index in [1.807, 2.05) is 12.1 Å². The number of carbonyl (C=O) groups excluding carboxylic acids is 2. The number of benzene rings is 1. The Kier molecular flexibility index (Phi) is 4.93. The van der Waals surface area contributed by atoms with Crippen LogP contribution in [-0.4, -0.2) is 17.6 Å². The first-order valence-corrected chi connectivity index (χ1v) is 8.17. The zero-order valence-corrected chi connectivity index (χ0v) is 13.5. The van der Waals surface area contributed by atoms with Gasteiger partial charge in [-0.05, 0) is 36.0 Å². The number of rotatable bonds is 4. The summed E-state index contributed by atoms with van der Waals surface area (Å²) >= 11 is 1.46. The molecule has 1 fully saturated rings. The minimum Gasteiger partial charge on any atom is -0.273 e. The Morgan fingerprint density at radius 1 is 1.14 bits per heavy atom. The lowest BCUT2D eigenvalue weighted by Crippen LogP contribution is -2.43. The molecule has 2 amide bonds. The number of hydrogen-bond acceptors (Lipinski definition) is 3. The molecule has 1 aromatic carbocycles. The van der Waals surface area contributed by atoms with E-state index in [2.05, 4.69) is 43.8 Å². The summed E-state index contributed by atoms with van der Waals surface area (Å²) < 4.78 is 0. The average Bonchev–Trinajstić information content (AvgIpc) is 3.26. The molecule has 0 saturated heterocycles. The average molecular weight is 306 g/mol. The fourth-order valence-corrected chi connectivity index (χ4v) is 2.51. The summed E-state index contributed by atoms with van der Waals surface area (Å²) in [7, 11) is 0. The van der Waals surface area contributed by atoms with Gasteiger partial charge in [0.2, 0.25) is 11.8 Å². The van der Waals surface area contributed by atoms with Crippen molar-refractivity contribution in [1.29, 1.82) is 0 Å². The van der Waals surface area contributed by atoms with Crippen LogP contribution in [0.25, 0.3) is 0 Å². The van der Waals surface area contributed by atoms with Crippen molar-refractivity contribution in [3.8, 4) is 0 Å². The molecule has 21 heavy (non-hydrogen) atoms. The van der Waals surface area contributed by atoms with Gasteiger partial charge in [-0.2, -0.15) is 0 Å². The van der Waals surface area contributed by atoms with Gasteiger partial charge in [-0.1, -0.05) is 32.9 Å². The van der Waals surface area contributed by atoms with Crippen LogP contribution < -0.4 is 10.9 Å². The van der Waals surface area contributed by atoms with Crippen LogP contribution >= 0.6 is 11.8 Å². The van der Waals surface area contributed by atoms with Crippen LogP contribution in [0.15, 0.2) is 29.2 Å². The van der Waals surface area contributed by atoms with Crippen LogP contribution in [0.1, 0.15) is 39.2 Å². The molecule has 4 nitrogen and oxygen atoms in total. The van der Waals surface area contributed by atoms with Gasteiger partial charge in [0.15, 0.2) is 0 Å². The molecule has 1 saturated carbocycles. The summed E-state index contributed by atoms with van der Waals surface area (Å²) in [5.41, 5.74) is 6.31. The number of carbonyl (C=O) groups is 2. The predicted octanol–water partition coefficient (Wildman–Crippen LogP) is 2.63. The second-order valence-corrected chi connectivity index (χ2v) is 7.42. The molecular weight excluding hydrogens is 284 g/mol. The highest BCUT2D eigenvalue weighted by molar-refractivity contribution is 8.00. The van der Waals surface area contributed by atoms with E-state index >= 15 is 0 Å². The van der Waals surface area contributed by atoms with Crippen LogP contribution in [-0.2, 0) is 15.0 Å². The van der Waals surface area contributed by atoms with E-state index < -0.39 is 0 Å². The molecule has 0 aliphatic heterocycles. The van der Waals surface area contributed by atoms with Crippen molar-refractivity contribution in [2.45, 2.75) is 43.9 Å². The minimum atomic E-state index is -0.186. The Morgan fingerprint density at radius 2 is 1.76 bits per heavy atom. The number of amides is 2. The molecule has 0 heterocycles. The first kappa shape index (κ1) is 15.9. The highest BCUT2D eigenvalue weighted by Gasteiger charge is 2.29. The van der Waals surface area contributed by atoms with Crippen molar-refractivity contribution in [1.82, 2.24) is 10.9 Å². The molecule has 1 aliphatic carbocycles. The largest absolute Gasteiger partial charge is 0.273 e. The monoisotopic (exact) mass is 306 g/mol. The molecule has 0 aromatic heterocycles. The van der Waals surface area contributed by atoms with E-state index in [9.17, 15) is 9.59 Å². The second-order valence-electron chi connectivity index (χ2n) is 6.37. The standard InChI is InChI=1S/C16H22N2O2S/c1-16(2,3)12-6-8-13(9-7-12)21-10-14(19)17-18-15(20)11-4-5-11/h6-9,11H,4-5,10H2,1-3H3,(H,17,19)(H,18,20). The maximum Gasteiger partial charge on any atom is 0.248 e. The Balaban J connectivity index is 1.74. The molecule has 5 heteroatoms. The van der Waals surface area contributed by atoms with Crippen LogP contribution in [0.5, 0.6) is 0 Å². The third-order valence-electron chi connectivity index (χ3n) is 3.36. The van der Waals surface area contributed by atoms with Gasteiger partial charge in [0, 0.05) is 10.8 Å². The molecule has 1 aromatic rings. The Bertz CT molecular complexity index is 516. The van der Waals surface area contributed by atoms with Crippen LogP contribution in [0.4, 0.5) is 0 Å². The van der Waals surface area contributed by atoms with E-state index in [1.54, 1.807) is 0 Å². The molecule has 0 spiro atoms. The van der Waals surface area contributed by atoms with Gasteiger partial charge in [0.25, 0.3) is 0 Å². The van der Waals surface area contributed by atoms with Crippen LogP contribution in [0.2, 0.25) is 0 Å². The molecule has 2 rings (SSSR count). The molecular formula is C16H22N2O2S. The predicted molar refractivity (Wildman–Crippen MR) is 84.9 cm³/mol. The molecule has 0 unspecified atom stereocenters. The van der Waals surface area contributed by atoms with Gasteiger partial charge in [-0.15, -0.1) is 11.8 Å². The lowest BCUT2D eigenvalue weighted by atomic mass is 9.87. The highest BCUT2D eigenvalue weighted by atomic mass is 32.2. The molecule has 0 atom stereocenters. The van der Waals surface area contributed by atoms with E-state index in [1.165, 1.54) is 17.3 Å². The summed E-state index contributed by atoms with van der Waals surface area (Å²) in [5, 5.41) is 0. The highest BCUT2D eigenvalue weighted by Crippen LogP contribution is 2.28. The third kappa shape index (κ3) is 5.08. The lowest BCUT2D eigenvalue weighted by Gasteiger charge is -2.19. The summed E-state index contributed by atoms with van der Waals surface area (Å²) in [6, 6.07) is 8.24. The van der Waals surface area contributed by atoms with Gasteiger partial charge in [0.05, 0.1) is 5.75 Å². The van der Waals surface area contributed by atoms with Crippen molar-refractivity contribution < 1.29 is 9.59 Å². The van der Waals surface area contributed by atoms with Crippen molar-refractivity contribution in [2.75, 3.05) is 5.75 Å². The fraction of sp³-hybridized carbons (Fsp3) is 0.500. The van der Waals surface area contributed by atoms with E-state index in [-0.39, 0.29) is 23.1 Å². The molecule has 114 valence electrons. The normalized spacial score (nSPS) is 14.6. The van der Waals surface area contributed by atoms with Crippen molar-refractivity contribution >= 4 is 23.6 Å². The topological polar surface area (TPSA) is 58.2 Å². The maximum absolute atomic E-state index is 11.6. The lowest BCUT2D eigenvalue weighted by molar-refractivity contribution is -0.128. The van der Waals surface area contributed by atoms with Crippen LogP contribution in [0.3, 0.4) is 0 Å². The number of hydrogen-bond donors (Lipinski definition) is 2. The summed E-state index contributed by atoms with van der Waals surface area (Å²) in [6.07, 6.45) is 1.85. The zero-order valence-electron chi connectivity index (χ0n) is 12.7. The van der Waals surface area contributed by atoms with Crippen molar-refractivity contribution in [3.05, 3.63) is 29.8 Å². The van der Waals surface area contributed by atoms with Crippen molar-refractivity contribution in [3.63, 3.8) is 0 Å². The van der Waals surface area contributed by atoms with Crippen LogP contribution in [0, 0.1) is 5.92 Å². The zero-order chi connectivity index (χ0) is 15.5. The first-order valence-electron chi connectivity index (χ1n) is 7.18. The summed E-state index contributed by atoms with van der Waals surface area (Å²) in [5.74, 6) is 0.125. The smallest absolute Gasteiger partial charge is 0.248 e. The second kappa shape index (κ2) is 6.52. The van der Waals surface area contributed by atoms with Gasteiger partial charge in [-0.3, -0.25) is 20.4 Å². The number of nitrogens with one attached hydrogen (secondary N) is 2. The quantitative estimate of drug-likeness (QED) is 0.664. The van der Waals surface area contributed by atoms with E-state index in [0.29, 0.717) is 5.75 Å². The number of thioether (sulfide) groups is 1. The fourth-order valence-electron chi connectivity index (χ4n) is 1.82. The van der Waals surface area contributed by atoms with Gasteiger partial charge in [0.1, 0.15) is 0 Å². The van der Waals surface area contributed by atoms with Gasteiger partial charge >= 0.3 is 0 Å². The van der Waals surface area contributed by atoms with Crippen molar-refractivity contribution in [2.24, 2.45) is 5.92 Å². The van der Waals surface area contributed by atoms with E-state index in [4.69, 9.17) is 0 Å². The third-order valence-corrected chi connectivity index (χ3v) is 4.38. The Labute approximate surface area is 130 Å². The van der Waals surface area contributed by atoms with Gasteiger partial charge in [-0.25, -0.2) is 0 Å². The molecule has 0 bridgehead atoms. The summed E-state index contributed by atoms with van der Waals surface area (Å²) in [4.78, 5) is 24.1. The number of hydrazine groups is 1. The van der Waals surface area contributed by atoms with Gasteiger partial charge < -0.3 is 0 Å². The van der Waals surface area contributed by atoms with E-state index in [0.717, 1.165) is 17.7 Å². The minimum absolute atomic E-state index is 0.0807. The Hall–Kier alpha value is -1.49. The summed E-state index contributed by atoms with van der Waals surface area (Å²) in [6.45, 7) is 6.52. The Morgan fingerprint density at radius 3 is 2.29 bits per heavy atom. The maximum atomic E-state index is 11.6.